The normalized spacial score (nSPS) is 16.6. The second kappa shape index (κ2) is 9.75. The van der Waals surface area contributed by atoms with Crippen molar-refractivity contribution in [1.29, 1.82) is 5.26 Å². The Morgan fingerprint density at radius 2 is 1.92 bits per heavy atom. The van der Waals surface area contributed by atoms with Crippen LogP contribution in [-0.2, 0) is 9.59 Å². The van der Waals surface area contributed by atoms with E-state index >= 15 is 0 Å². The van der Waals surface area contributed by atoms with Crippen molar-refractivity contribution in [1.82, 2.24) is 9.80 Å². The number of aliphatic carboxylic acids is 1. The molecule has 26 heavy (non-hydrogen) atoms. The standard InChI is InChI=1S/C18H24N4O4/c19-5-2-6-21-7-9-22(10-8-21)13-14(18(25)26)11-17(24)20-15-3-1-4-16(23)12-15/h1,3-4,12,14,23H,2,6-11,13H2,(H,20,24)(H,25,26)/t14-/m0/s1. The van der Waals surface area contributed by atoms with Crippen LogP contribution in [0.5, 0.6) is 5.75 Å². The third-order valence-electron chi connectivity index (χ3n) is 4.39. The molecule has 1 heterocycles. The van der Waals surface area contributed by atoms with E-state index < -0.39 is 17.8 Å². The summed E-state index contributed by atoms with van der Waals surface area (Å²) < 4.78 is 0. The summed E-state index contributed by atoms with van der Waals surface area (Å²) in [5, 5.41) is 30.1. The van der Waals surface area contributed by atoms with Gasteiger partial charge >= 0.3 is 5.97 Å². The zero-order chi connectivity index (χ0) is 18.9. The fraction of sp³-hybridized carbons (Fsp3) is 0.500. The molecule has 0 radical (unpaired) electrons. The Morgan fingerprint density at radius 1 is 1.23 bits per heavy atom. The molecule has 1 aromatic carbocycles. The van der Waals surface area contributed by atoms with Crippen LogP contribution >= 0.6 is 0 Å². The smallest absolute Gasteiger partial charge is 0.308 e. The number of amides is 1. The van der Waals surface area contributed by atoms with E-state index in [9.17, 15) is 19.8 Å². The number of nitrogens with zero attached hydrogens (tertiary/aromatic N) is 3. The van der Waals surface area contributed by atoms with Gasteiger partial charge in [0.25, 0.3) is 0 Å². The summed E-state index contributed by atoms with van der Waals surface area (Å²) in [6.45, 7) is 4.09. The van der Waals surface area contributed by atoms with Crippen LogP contribution in [0.15, 0.2) is 24.3 Å². The largest absolute Gasteiger partial charge is 0.508 e. The van der Waals surface area contributed by atoms with Crippen molar-refractivity contribution in [3.63, 3.8) is 0 Å². The maximum absolute atomic E-state index is 12.1. The van der Waals surface area contributed by atoms with Gasteiger partial charge in [0, 0.05) is 63.9 Å². The Labute approximate surface area is 152 Å². The summed E-state index contributed by atoms with van der Waals surface area (Å²) in [6.07, 6.45) is 0.368. The number of piperazine rings is 1. The van der Waals surface area contributed by atoms with Gasteiger partial charge in [-0.1, -0.05) is 6.07 Å². The van der Waals surface area contributed by atoms with Crippen LogP contribution in [0.2, 0.25) is 0 Å². The third-order valence-corrected chi connectivity index (χ3v) is 4.39. The minimum absolute atomic E-state index is 0.0341. The molecule has 2 rings (SSSR count). The maximum atomic E-state index is 12.1. The fourth-order valence-electron chi connectivity index (χ4n) is 2.96. The quantitative estimate of drug-likeness (QED) is 0.632. The zero-order valence-corrected chi connectivity index (χ0v) is 14.6. The van der Waals surface area contributed by atoms with Crippen LogP contribution in [0.4, 0.5) is 5.69 Å². The number of phenolic OH excluding ortho intramolecular Hbond substituents is 1. The molecule has 8 heteroatoms. The molecule has 0 aliphatic carbocycles. The van der Waals surface area contributed by atoms with E-state index in [2.05, 4.69) is 16.3 Å². The highest BCUT2D eigenvalue weighted by atomic mass is 16.4. The summed E-state index contributed by atoms with van der Waals surface area (Å²) in [7, 11) is 0. The van der Waals surface area contributed by atoms with Gasteiger partial charge in [-0.25, -0.2) is 0 Å². The molecule has 0 saturated carbocycles. The van der Waals surface area contributed by atoms with Crippen molar-refractivity contribution >= 4 is 17.6 Å². The zero-order valence-electron chi connectivity index (χ0n) is 14.6. The Balaban J connectivity index is 1.82. The van der Waals surface area contributed by atoms with Crippen LogP contribution in [-0.4, -0.2) is 71.2 Å². The first kappa shape index (κ1) is 19.7. The van der Waals surface area contributed by atoms with Gasteiger partial charge in [-0.15, -0.1) is 0 Å². The van der Waals surface area contributed by atoms with Gasteiger partial charge < -0.3 is 15.5 Å². The number of hydrogen-bond donors (Lipinski definition) is 3. The number of carbonyl (C=O) groups excluding carboxylic acids is 1. The average molecular weight is 360 g/mol. The number of aromatic hydroxyl groups is 1. The van der Waals surface area contributed by atoms with E-state index in [-0.39, 0.29) is 12.2 Å². The molecule has 1 aliphatic heterocycles. The van der Waals surface area contributed by atoms with E-state index in [1.807, 2.05) is 4.90 Å². The van der Waals surface area contributed by atoms with E-state index in [1.54, 1.807) is 12.1 Å². The molecule has 0 bridgehead atoms. The molecule has 0 spiro atoms. The SMILES string of the molecule is N#CCCN1CCN(C[C@H](CC(=O)Nc2cccc(O)c2)C(=O)O)CC1. The van der Waals surface area contributed by atoms with Gasteiger partial charge in [0.05, 0.1) is 12.0 Å². The van der Waals surface area contributed by atoms with Gasteiger partial charge in [0.15, 0.2) is 0 Å². The summed E-state index contributed by atoms with van der Waals surface area (Å²) in [4.78, 5) is 27.9. The first-order chi connectivity index (χ1) is 12.5. The lowest BCUT2D eigenvalue weighted by Gasteiger charge is -2.35. The number of phenols is 1. The number of carbonyl (C=O) groups is 2. The Hall–Kier alpha value is -2.63. The van der Waals surface area contributed by atoms with Crippen molar-refractivity contribution in [2.24, 2.45) is 5.92 Å². The number of benzene rings is 1. The minimum atomic E-state index is -0.997. The number of nitriles is 1. The molecule has 8 nitrogen and oxygen atoms in total. The van der Waals surface area contributed by atoms with Gasteiger partial charge in [0.1, 0.15) is 5.75 Å². The molecule has 0 aromatic heterocycles. The average Bonchev–Trinajstić information content (AvgIpc) is 2.60. The molecule has 3 N–H and O–H groups in total. The van der Waals surface area contributed by atoms with E-state index in [0.717, 1.165) is 32.7 Å². The molecular weight excluding hydrogens is 336 g/mol. The Bertz CT molecular complexity index is 665. The van der Waals surface area contributed by atoms with Crippen LogP contribution in [0.1, 0.15) is 12.8 Å². The lowest BCUT2D eigenvalue weighted by atomic mass is 10.0. The molecule has 0 unspecified atom stereocenters. The molecule has 140 valence electrons. The molecule has 1 amide bonds. The van der Waals surface area contributed by atoms with Crippen LogP contribution < -0.4 is 5.32 Å². The number of anilines is 1. The van der Waals surface area contributed by atoms with Crippen molar-refractivity contribution in [3.05, 3.63) is 24.3 Å². The Morgan fingerprint density at radius 3 is 2.54 bits per heavy atom. The third kappa shape index (κ3) is 6.35. The van der Waals surface area contributed by atoms with Crippen molar-refractivity contribution in [2.75, 3.05) is 44.6 Å². The summed E-state index contributed by atoms with van der Waals surface area (Å²) >= 11 is 0. The summed E-state index contributed by atoms with van der Waals surface area (Å²) in [5.41, 5.74) is 0.435. The van der Waals surface area contributed by atoms with Crippen molar-refractivity contribution < 1.29 is 19.8 Å². The first-order valence-corrected chi connectivity index (χ1v) is 8.61. The van der Waals surface area contributed by atoms with Crippen molar-refractivity contribution in [2.45, 2.75) is 12.8 Å². The predicted octanol–water partition coefficient (Wildman–Crippen LogP) is 0.953. The lowest BCUT2D eigenvalue weighted by molar-refractivity contribution is -0.144. The van der Waals surface area contributed by atoms with Gasteiger partial charge in [-0.2, -0.15) is 5.26 Å². The second-order valence-corrected chi connectivity index (χ2v) is 6.39. The van der Waals surface area contributed by atoms with E-state index in [0.29, 0.717) is 18.7 Å². The van der Waals surface area contributed by atoms with Gasteiger partial charge in [-0.3, -0.25) is 19.4 Å². The van der Waals surface area contributed by atoms with Crippen LogP contribution in [0.3, 0.4) is 0 Å². The van der Waals surface area contributed by atoms with E-state index in [1.165, 1.54) is 12.1 Å². The first-order valence-electron chi connectivity index (χ1n) is 8.61. The Kier molecular flexibility index (Phi) is 7.38. The number of carboxylic acid groups (broad SMARTS) is 1. The maximum Gasteiger partial charge on any atom is 0.308 e. The molecule has 1 aromatic rings. The molecular formula is C18H24N4O4. The molecule has 1 saturated heterocycles. The molecule has 1 aliphatic rings. The van der Waals surface area contributed by atoms with Gasteiger partial charge in [-0.05, 0) is 12.1 Å². The fourth-order valence-corrected chi connectivity index (χ4v) is 2.96. The lowest BCUT2D eigenvalue weighted by Crippen LogP contribution is -2.48. The van der Waals surface area contributed by atoms with Gasteiger partial charge in [0.2, 0.25) is 5.91 Å². The highest BCUT2D eigenvalue weighted by Crippen LogP contribution is 2.17. The summed E-state index contributed by atoms with van der Waals surface area (Å²) in [6, 6.07) is 8.26. The number of rotatable bonds is 8. The van der Waals surface area contributed by atoms with E-state index in [4.69, 9.17) is 5.26 Å². The highest BCUT2D eigenvalue weighted by molar-refractivity contribution is 5.93. The van der Waals surface area contributed by atoms with Crippen molar-refractivity contribution in [3.8, 4) is 11.8 Å². The topological polar surface area (TPSA) is 117 Å². The van der Waals surface area contributed by atoms with Crippen LogP contribution in [0.25, 0.3) is 0 Å². The number of nitrogens with one attached hydrogen (secondary N) is 1. The number of hydrogen-bond acceptors (Lipinski definition) is 6. The molecule has 1 atom stereocenters. The molecule has 1 fully saturated rings. The highest BCUT2D eigenvalue weighted by Gasteiger charge is 2.26. The monoisotopic (exact) mass is 360 g/mol. The summed E-state index contributed by atoms with van der Waals surface area (Å²) in [5.74, 6) is -2.15. The second-order valence-electron chi connectivity index (χ2n) is 6.39. The minimum Gasteiger partial charge on any atom is -0.508 e. The predicted molar refractivity (Wildman–Crippen MR) is 95.6 cm³/mol. The number of carboxylic acids is 1. The van der Waals surface area contributed by atoms with Crippen LogP contribution in [0, 0.1) is 17.2 Å².